The number of rotatable bonds is 1. The molecule has 1 aliphatic rings. The molecule has 5 nitrogen and oxygen atoms in total. The Bertz CT molecular complexity index is 429. The molecule has 0 aliphatic carbocycles. The lowest BCUT2D eigenvalue weighted by atomic mass is 9.96. The molecule has 15 heavy (non-hydrogen) atoms. The van der Waals surface area contributed by atoms with Gasteiger partial charge in [-0.1, -0.05) is 18.2 Å². The third kappa shape index (κ3) is 1.46. The van der Waals surface area contributed by atoms with Crippen molar-refractivity contribution in [2.75, 3.05) is 5.06 Å². The fourth-order valence-electron chi connectivity index (χ4n) is 1.69. The predicted molar refractivity (Wildman–Crippen MR) is 50.8 cm³/mol. The minimum absolute atomic E-state index is 0.0458. The lowest BCUT2D eigenvalue weighted by Gasteiger charge is -2.29. The van der Waals surface area contributed by atoms with Crippen LogP contribution in [0.2, 0.25) is 0 Å². The number of ketones is 1. The normalized spacial score (nSPS) is 19.9. The number of carboxylic acids is 1. The summed E-state index contributed by atoms with van der Waals surface area (Å²) >= 11 is 0. The molecule has 1 unspecified atom stereocenters. The SMILES string of the molecule is O=C(O)C1C(=O)Cc2ccccc2N1O. The predicted octanol–water partition coefficient (Wildman–Crippen LogP) is 0.461. The van der Waals surface area contributed by atoms with E-state index in [2.05, 4.69) is 0 Å². The van der Waals surface area contributed by atoms with E-state index in [1.165, 1.54) is 0 Å². The molecule has 78 valence electrons. The first-order valence-corrected chi connectivity index (χ1v) is 4.43. The maximum atomic E-state index is 11.4. The second-order valence-corrected chi connectivity index (χ2v) is 3.36. The quantitative estimate of drug-likeness (QED) is 0.654. The van der Waals surface area contributed by atoms with Gasteiger partial charge in [0.1, 0.15) is 0 Å². The van der Waals surface area contributed by atoms with Crippen LogP contribution in [0.4, 0.5) is 5.69 Å². The highest BCUT2D eigenvalue weighted by atomic mass is 16.5. The number of hydrogen-bond acceptors (Lipinski definition) is 4. The molecular weight excluding hydrogens is 198 g/mol. The van der Waals surface area contributed by atoms with E-state index >= 15 is 0 Å². The van der Waals surface area contributed by atoms with Crippen LogP contribution in [0, 0.1) is 0 Å². The molecule has 2 N–H and O–H groups in total. The maximum absolute atomic E-state index is 11.4. The van der Waals surface area contributed by atoms with Crippen molar-refractivity contribution in [3.63, 3.8) is 0 Å². The molecule has 1 aliphatic heterocycles. The van der Waals surface area contributed by atoms with Gasteiger partial charge in [0.15, 0.2) is 5.78 Å². The largest absolute Gasteiger partial charge is 0.479 e. The average molecular weight is 207 g/mol. The number of hydrogen-bond donors (Lipinski definition) is 2. The van der Waals surface area contributed by atoms with Gasteiger partial charge in [-0.05, 0) is 11.6 Å². The third-order valence-electron chi connectivity index (χ3n) is 2.39. The first-order chi connectivity index (χ1) is 7.11. The number of hydroxylamine groups is 1. The van der Waals surface area contributed by atoms with Gasteiger partial charge >= 0.3 is 5.97 Å². The van der Waals surface area contributed by atoms with E-state index < -0.39 is 17.8 Å². The zero-order valence-corrected chi connectivity index (χ0v) is 7.75. The highest BCUT2D eigenvalue weighted by molar-refractivity contribution is 6.08. The number of carbonyl (C=O) groups is 2. The van der Waals surface area contributed by atoms with Crippen LogP contribution in [0.25, 0.3) is 0 Å². The summed E-state index contributed by atoms with van der Waals surface area (Å²) in [6.45, 7) is 0. The van der Waals surface area contributed by atoms with E-state index in [1.807, 2.05) is 0 Å². The Morgan fingerprint density at radius 3 is 2.73 bits per heavy atom. The van der Waals surface area contributed by atoms with Crippen molar-refractivity contribution in [2.24, 2.45) is 0 Å². The number of fused-ring (bicyclic) bond motifs is 1. The molecule has 5 heteroatoms. The lowest BCUT2D eigenvalue weighted by Crippen LogP contribution is -2.49. The van der Waals surface area contributed by atoms with Crippen LogP contribution < -0.4 is 5.06 Å². The first-order valence-electron chi connectivity index (χ1n) is 4.43. The van der Waals surface area contributed by atoms with Gasteiger partial charge in [-0.15, -0.1) is 0 Å². The summed E-state index contributed by atoms with van der Waals surface area (Å²) in [6, 6.07) is 5.20. The van der Waals surface area contributed by atoms with Gasteiger partial charge in [0, 0.05) is 6.42 Å². The van der Waals surface area contributed by atoms with Crippen LogP contribution in [0.3, 0.4) is 0 Å². The van der Waals surface area contributed by atoms with Gasteiger partial charge in [0.2, 0.25) is 6.04 Å². The van der Waals surface area contributed by atoms with Crippen molar-refractivity contribution < 1.29 is 19.9 Å². The van der Waals surface area contributed by atoms with Gasteiger partial charge in [-0.3, -0.25) is 10.0 Å². The summed E-state index contributed by atoms with van der Waals surface area (Å²) in [5.41, 5.74) is 1.02. The Hall–Kier alpha value is -1.88. The van der Waals surface area contributed by atoms with Gasteiger partial charge in [0.05, 0.1) is 5.69 Å². The Balaban J connectivity index is 2.47. The molecule has 0 aromatic heterocycles. The number of anilines is 1. The van der Waals surface area contributed by atoms with E-state index in [4.69, 9.17) is 5.11 Å². The smallest absolute Gasteiger partial charge is 0.336 e. The molecule has 1 aromatic carbocycles. The van der Waals surface area contributed by atoms with Crippen molar-refractivity contribution in [2.45, 2.75) is 12.5 Å². The molecule has 0 radical (unpaired) electrons. The number of benzene rings is 1. The van der Waals surface area contributed by atoms with Gasteiger partial charge < -0.3 is 5.11 Å². The minimum atomic E-state index is -1.49. The molecule has 1 atom stereocenters. The average Bonchev–Trinajstić information content (AvgIpc) is 2.17. The second kappa shape index (κ2) is 3.36. The summed E-state index contributed by atoms with van der Waals surface area (Å²) in [5, 5.41) is 18.9. The number of nitrogens with zero attached hydrogens (tertiary/aromatic N) is 1. The van der Waals surface area contributed by atoms with E-state index in [0.29, 0.717) is 16.3 Å². The summed E-state index contributed by atoms with van der Waals surface area (Å²) in [5.74, 6) is -1.85. The first kappa shape index (κ1) is 9.67. The number of carboxylic acid groups (broad SMARTS) is 1. The number of carbonyl (C=O) groups excluding carboxylic acids is 1. The summed E-state index contributed by atoms with van der Waals surface area (Å²) in [4.78, 5) is 22.2. The maximum Gasteiger partial charge on any atom is 0.336 e. The zero-order chi connectivity index (χ0) is 11.0. The fraction of sp³-hybridized carbons (Fsp3) is 0.200. The van der Waals surface area contributed by atoms with Crippen LogP contribution in [0.15, 0.2) is 24.3 Å². The molecule has 0 spiro atoms. The Labute approximate surface area is 85.5 Å². The van der Waals surface area contributed by atoms with Crippen LogP contribution in [0.5, 0.6) is 0 Å². The molecular formula is C10H9NO4. The topological polar surface area (TPSA) is 77.8 Å². The number of para-hydroxylation sites is 1. The molecule has 0 bridgehead atoms. The highest BCUT2D eigenvalue weighted by Gasteiger charge is 2.37. The Kier molecular flexibility index (Phi) is 2.17. The standard InChI is InChI=1S/C10H9NO4/c12-8-5-6-3-1-2-4-7(6)11(15)9(8)10(13)14/h1-4,9,15H,5H2,(H,13,14). The van der Waals surface area contributed by atoms with E-state index in [1.54, 1.807) is 24.3 Å². The van der Waals surface area contributed by atoms with Crippen molar-refractivity contribution >= 4 is 17.4 Å². The van der Waals surface area contributed by atoms with E-state index in [-0.39, 0.29) is 6.42 Å². The van der Waals surface area contributed by atoms with Crippen molar-refractivity contribution in [1.82, 2.24) is 0 Å². The highest BCUT2D eigenvalue weighted by Crippen LogP contribution is 2.27. The van der Waals surface area contributed by atoms with Crippen LogP contribution in [-0.2, 0) is 16.0 Å². The molecule has 0 saturated carbocycles. The van der Waals surface area contributed by atoms with Gasteiger partial charge in [-0.2, -0.15) is 0 Å². The fourth-order valence-corrected chi connectivity index (χ4v) is 1.69. The van der Waals surface area contributed by atoms with E-state index in [0.717, 1.165) is 0 Å². The van der Waals surface area contributed by atoms with Crippen LogP contribution in [0.1, 0.15) is 5.56 Å². The monoisotopic (exact) mass is 207 g/mol. The zero-order valence-electron chi connectivity index (χ0n) is 7.75. The number of aliphatic carboxylic acids is 1. The molecule has 1 heterocycles. The van der Waals surface area contributed by atoms with Crippen molar-refractivity contribution in [1.29, 1.82) is 0 Å². The Morgan fingerprint density at radius 1 is 1.40 bits per heavy atom. The molecule has 2 rings (SSSR count). The molecule has 0 fully saturated rings. The summed E-state index contributed by atoms with van der Waals surface area (Å²) < 4.78 is 0. The molecule has 0 amide bonds. The second-order valence-electron chi connectivity index (χ2n) is 3.36. The Morgan fingerprint density at radius 2 is 2.07 bits per heavy atom. The molecule has 1 aromatic rings. The molecule has 0 saturated heterocycles. The van der Waals surface area contributed by atoms with Gasteiger partial charge in [0.25, 0.3) is 0 Å². The van der Waals surface area contributed by atoms with Crippen LogP contribution in [-0.4, -0.2) is 28.1 Å². The minimum Gasteiger partial charge on any atom is -0.479 e. The van der Waals surface area contributed by atoms with Crippen molar-refractivity contribution in [3.05, 3.63) is 29.8 Å². The van der Waals surface area contributed by atoms with Gasteiger partial charge in [-0.25, -0.2) is 9.86 Å². The summed E-state index contributed by atoms with van der Waals surface area (Å²) in [7, 11) is 0. The lowest BCUT2D eigenvalue weighted by molar-refractivity contribution is -0.144. The van der Waals surface area contributed by atoms with Crippen LogP contribution >= 0.6 is 0 Å². The number of Topliss-reactive ketones (excluding diaryl/α,β-unsaturated/α-hetero) is 1. The van der Waals surface area contributed by atoms with E-state index in [9.17, 15) is 14.8 Å². The summed E-state index contributed by atoms with van der Waals surface area (Å²) in [6.07, 6.45) is 0.0458. The third-order valence-corrected chi connectivity index (χ3v) is 2.39. The van der Waals surface area contributed by atoms with Crippen molar-refractivity contribution in [3.8, 4) is 0 Å².